The van der Waals surface area contributed by atoms with Crippen molar-refractivity contribution in [2.75, 3.05) is 0 Å². The van der Waals surface area contributed by atoms with Crippen molar-refractivity contribution < 1.29 is 4.79 Å². The summed E-state index contributed by atoms with van der Waals surface area (Å²) >= 11 is 0. The van der Waals surface area contributed by atoms with Gasteiger partial charge in [0.25, 0.3) is 0 Å². The molecule has 0 saturated carbocycles. The summed E-state index contributed by atoms with van der Waals surface area (Å²) < 4.78 is 0. The van der Waals surface area contributed by atoms with Crippen molar-refractivity contribution in [2.24, 2.45) is 17.3 Å². The Kier molecular flexibility index (Phi) is 2.17. The zero-order chi connectivity index (χ0) is 8.48. The number of carbonyl (C=O) groups excluding carboxylic acids is 1. The summed E-state index contributed by atoms with van der Waals surface area (Å²) in [5.41, 5.74) is 0.163. The van der Waals surface area contributed by atoms with Gasteiger partial charge >= 0.3 is 0 Å². The number of carbonyl (C=O) groups is 1. The minimum Gasteiger partial charge on any atom is -0.303 e. The van der Waals surface area contributed by atoms with Crippen LogP contribution in [0.3, 0.4) is 0 Å². The molecule has 0 heterocycles. The molecule has 1 nitrogen and oxygen atoms in total. The molecule has 1 aliphatic rings. The molecule has 2 atom stereocenters. The average Bonchev–Trinajstić information content (AvgIpc) is 1.86. The lowest BCUT2D eigenvalue weighted by molar-refractivity contribution is -0.115. The first-order valence-corrected chi connectivity index (χ1v) is 4.20. The van der Waals surface area contributed by atoms with Crippen LogP contribution in [-0.2, 0) is 4.79 Å². The molecule has 0 fully saturated rings. The van der Waals surface area contributed by atoms with Crippen molar-refractivity contribution in [2.45, 2.75) is 27.2 Å². The van der Waals surface area contributed by atoms with Gasteiger partial charge in [0.15, 0.2) is 0 Å². The second kappa shape index (κ2) is 2.80. The topological polar surface area (TPSA) is 17.1 Å². The average molecular weight is 152 g/mol. The Morgan fingerprint density at radius 1 is 1.55 bits per heavy atom. The van der Waals surface area contributed by atoms with Gasteiger partial charge in [-0.15, -0.1) is 0 Å². The van der Waals surface area contributed by atoms with E-state index in [0.29, 0.717) is 5.92 Å². The van der Waals surface area contributed by atoms with Gasteiger partial charge in [0.1, 0.15) is 6.29 Å². The third kappa shape index (κ3) is 1.52. The van der Waals surface area contributed by atoms with Crippen LogP contribution in [0.15, 0.2) is 12.2 Å². The lowest BCUT2D eigenvalue weighted by Gasteiger charge is -2.36. The molecule has 0 aromatic carbocycles. The van der Waals surface area contributed by atoms with E-state index >= 15 is 0 Å². The lowest BCUT2D eigenvalue weighted by Crippen LogP contribution is -2.32. The van der Waals surface area contributed by atoms with E-state index in [-0.39, 0.29) is 11.3 Å². The van der Waals surface area contributed by atoms with Gasteiger partial charge in [-0.1, -0.05) is 32.9 Å². The zero-order valence-corrected chi connectivity index (χ0v) is 7.50. The predicted molar refractivity (Wildman–Crippen MR) is 46.3 cm³/mol. The minimum absolute atomic E-state index is 0.163. The molecule has 0 aromatic rings. The van der Waals surface area contributed by atoms with E-state index < -0.39 is 0 Å². The smallest absolute Gasteiger partial charge is 0.124 e. The lowest BCUT2D eigenvalue weighted by atomic mass is 9.68. The van der Waals surface area contributed by atoms with Crippen LogP contribution < -0.4 is 0 Å². The highest BCUT2D eigenvalue weighted by molar-refractivity contribution is 5.56. The molecule has 0 radical (unpaired) electrons. The van der Waals surface area contributed by atoms with Gasteiger partial charge in [0, 0.05) is 5.92 Å². The van der Waals surface area contributed by atoms with Gasteiger partial charge in [-0.05, 0) is 17.8 Å². The highest BCUT2D eigenvalue weighted by atomic mass is 16.1. The van der Waals surface area contributed by atoms with Crippen molar-refractivity contribution in [3.63, 3.8) is 0 Å². The molecule has 0 aliphatic heterocycles. The summed E-state index contributed by atoms with van der Waals surface area (Å²) in [6.45, 7) is 6.43. The molecule has 62 valence electrons. The molecular weight excluding hydrogens is 136 g/mol. The van der Waals surface area contributed by atoms with Crippen LogP contribution in [0.4, 0.5) is 0 Å². The highest BCUT2D eigenvalue weighted by Gasteiger charge is 2.33. The number of allylic oxidation sites excluding steroid dienone is 2. The zero-order valence-electron chi connectivity index (χ0n) is 7.50. The van der Waals surface area contributed by atoms with Crippen LogP contribution in [0, 0.1) is 17.3 Å². The summed E-state index contributed by atoms with van der Waals surface area (Å²) in [6.07, 6.45) is 6.46. The van der Waals surface area contributed by atoms with E-state index in [1.54, 1.807) is 0 Å². The summed E-state index contributed by atoms with van der Waals surface area (Å²) in [7, 11) is 0. The predicted octanol–water partition coefficient (Wildman–Crippen LogP) is 2.42. The number of hydrogen-bond donors (Lipinski definition) is 0. The van der Waals surface area contributed by atoms with Crippen molar-refractivity contribution in [3.8, 4) is 0 Å². The van der Waals surface area contributed by atoms with Gasteiger partial charge < -0.3 is 4.79 Å². The maximum Gasteiger partial charge on any atom is 0.124 e. The second-order valence-corrected chi connectivity index (χ2v) is 4.14. The number of hydrogen-bond acceptors (Lipinski definition) is 1. The molecule has 0 bridgehead atoms. The van der Waals surface area contributed by atoms with E-state index in [1.165, 1.54) is 0 Å². The summed E-state index contributed by atoms with van der Waals surface area (Å²) in [6, 6.07) is 0. The van der Waals surface area contributed by atoms with Gasteiger partial charge in [-0.2, -0.15) is 0 Å². The Balaban J connectivity index is 2.85. The van der Waals surface area contributed by atoms with E-state index in [1.807, 2.05) is 0 Å². The van der Waals surface area contributed by atoms with Crippen molar-refractivity contribution in [3.05, 3.63) is 12.2 Å². The van der Waals surface area contributed by atoms with Crippen LogP contribution in [0.1, 0.15) is 27.2 Å². The van der Waals surface area contributed by atoms with E-state index in [9.17, 15) is 4.79 Å². The van der Waals surface area contributed by atoms with Crippen LogP contribution in [0.2, 0.25) is 0 Å². The Bertz CT molecular complexity index is 179. The molecule has 0 amide bonds. The third-order valence-electron chi connectivity index (χ3n) is 2.70. The van der Waals surface area contributed by atoms with Crippen molar-refractivity contribution in [1.82, 2.24) is 0 Å². The molecule has 11 heavy (non-hydrogen) atoms. The fraction of sp³-hybridized carbons (Fsp3) is 0.700. The molecule has 1 rings (SSSR count). The van der Waals surface area contributed by atoms with Gasteiger partial charge in [-0.3, -0.25) is 0 Å². The van der Waals surface area contributed by atoms with Gasteiger partial charge in [-0.25, -0.2) is 0 Å². The maximum atomic E-state index is 10.8. The van der Waals surface area contributed by atoms with Gasteiger partial charge in [0.2, 0.25) is 0 Å². The molecule has 0 spiro atoms. The first kappa shape index (κ1) is 8.51. The molecule has 1 heteroatoms. The fourth-order valence-electron chi connectivity index (χ4n) is 1.86. The van der Waals surface area contributed by atoms with E-state index in [0.717, 1.165) is 12.7 Å². The largest absolute Gasteiger partial charge is 0.303 e. The van der Waals surface area contributed by atoms with E-state index in [4.69, 9.17) is 0 Å². The molecular formula is C10H16O. The Morgan fingerprint density at radius 3 is 2.55 bits per heavy atom. The van der Waals surface area contributed by atoms with Crippen molar-refractivity contribution in [1.29, 1.82) is 0 Å². The first-order chi connectivity index (χ1) is 5.08. The third-order valence-corrected chi connectivity index (χ3v) is 2.70. The van der Waals surface area contributed by atoms with Crippen LogP contribution in [0.25, 0.3) is 0 Å². The normalized spacial score (nSPS) is 35.2. The second-order valence-electron chi connectivity index (χ2n) is 4.14. The first-order valence-electron chi connectivity index (χ1n) is 4.20. The Morgan fingerprint density at radius 2 is 2.18 bits per heavy atom. The van der Waals surface area contributed by atoms with Crippen molar-refractivity contribution >= 4 is 6.29 Å². The summed E-state index contributed by atoms with van der Waals surface area (Å²) in [4.78, 5) is 10.8. The maximum absolute atomic E-state index is 10.8. The fourth-order valence-corrected chi connectivity index (χ4v) is 1.86. The molecule has 0 saturated heterocycles. The number of rotatable bonds is 1. The molecule has 2 unspecified atom stereocenters. The van der Waals surface area contributed by atoms with Crippen LogP contribution >= 0.6 is 0 Å². The highest BCUT2D eigenvalue weighted by Crippen LogP contribution is 2.38. The monoisotopic (exact) mass is 152 g/mol. The Labute approximate surface area is 68.5 Å². The van der Waals surface area contributed by atoms with Gasteiger partial charge in [0.05, 0.1) is 0 Å². The molecule has 0 aromatic heterocycles. The van der Waals surface area contributed by atoms with Crippen LogP contribution in [0.5, 0.6) is 0 Å². The molecule has 1 aliphatic carbocycles. The van der Waals surface area contributed by atoms with E-state index in [2.05, 4.69) is 32.9 Å². The standard InChI is InChI=1S/C10H16O/c1-8-5-4-6-10(2,3)9(8)7-11/h4-5,7-9H,6H2,1-3H3. The SMILES string of the molecule is CC1C=CCC(C)(C)C1C=O. The summed E-state index contributed by atoms with van der Waals surface area (Å²) in [5, 5.41) is 0. The summed E-state index contributed by atoms with van der Waals surface area (Å²) in [5.74, 6) is 0.615. The minimum atomic E-state index is 0.163. The quantitative estimate of drug-likeness (QED) is 0.416. The van der Waals surface area contributed by atoms with Crippen LogP contribution in [-0.4, -0.2) is 6.29 Å². The molecule has 0 N–H and O–H groups in total. The Hall–Kier alpha value is -0.590. The number of aldehydes is 1.